The Morgan fingerprint density at radius 2 is 2.20 bits per heavy atom. The Morgan fingerprint density at radius 3 is 2.73 bits per heavy atom. The topological polar surface area (TPSA) is 17.1 Å². The first-order valence-corrected chi connectivity index (χ1v) is 5.39. The Balaban J connectivity index is 3.14. The van der Waals surface area contributed by atoms with Crippen molar-refractivity contribution in [3.05, 3.63) is 34.1 Å². The lowest BCUT2D eigenvalue weighted by atomic mass is 9.95. The van der Waals surface area contributed by atoms with Crippen molar-refractivity contribution in [2.45, 2.75) is 32.6 Å². The highest BCUT2D eigenvalue weighted by molar-refractivity contribution is 6.30. The summed E-state index contributed by atoms with van der Waals surface area (Å²) in [5, 5.41) is 0.141. The number of rotatable bonds is 4. The van der Waals surface area contributed by atoms with Crippen LogP contribution in [0.2, 0.25) is 5.02 Å². The number of aldehydes is 1. The largest absolute Gasteiger partial charge is 0.303 e. The van der Waals surface area contributed by atoms with Crippen LogP contribution in [0.5, 0.6) is 0 Å². The van der Waals surface area contributed by atoms with Gasteiger partial charge in [-0.2, -0.15) is 0 Å². The highest BCUT2D eigenvalue weighted by atomic mass is 35.5. The van der Waals surface area contributed by atoms with Crippen molar-refractivity contribution in [3.63, 3.8) is 0 Å². The summed E-state index contributed by atoms with van der Waals surface area (Å²) in [5.74, 6) is -0.519. The average molecular weight is 229 g/mol. The molecule has 0 aliphatic rings. The van der Waals surface area contributed by atoms with Gasteiger partial charge in [0, 0.05) is 6.42 Å². The van der Waals surface area contributed by atoms with Gasteiger partial charge < -0.3 is 4.79 Å². The third-order valence-corrected chi connectivity index (χ3v) is 2.78. The minimum Gasteiger partial charge on any atom is -0.303 e. The molecule has 0 spiro atoms. The molecule has 1 nitrogen and oxygen atoms in total. The summed E-state index contributed by atoms with van der Waals surface area (Å²) in [6.45, 7) is 3.81. The van der Waals surface area contributed by atoms with Crippen molar-refractivity contribution in [3.8, 4) is 0 Å². The van der Waals surface area contributed by atoms with Crippen LogP contribution >= 0.6 is 11.6 Å². The van der Waals surface area contributed by atoms with Crippen LogP contribution in [-0.4, -0.2) is 6.29 Å². The van der Waals surface area contributed by atoms with Gasteiger partial charge in [0.25, 0.3) is 0 Å². The molecule has 1 rings (SSSR count). The molecule has 0 aromatic heterocycles. The Labute approximate surface area is 94.3 Å². The molecule has 0 radical (unpaired) electrons. The molecule has 82 valence electrons. The monoisotopic (exact) mass is 228 g/mol. The predicted molar refractivity (Wildman–Crippen MR) is 59.9 cm³/mol. The lowest BCUT2D eigenvalue weighted by Crippen LogP contribution is -2.00. The Morgan fingerprint density at radius 1 is 1.53 bits per heavy atom. The maximum Gasteiger partial charge on any atom is 0.145 e. The zero-order chi connectivity index (χ0) is 11.4. The van der Waals surface area contributed by atoms with Gasteiger partial charge in [-0.3, -0.25) is 0 Å². The van der Waals surface area contributed by atoms with Gasteiger partial charge in [-0.1, -0.05) is 31.5 Å². The smallest absolute Gasteiger partial charge is 0.145 e. The van der Waals surface area contributed by atoms with E-state index in [1.165, 1.54) is 0 Å². The molecule has 0 saturated carbocycles. The van der Waals surface area contributed by atoms with Crippen molar-refractivity contribution in [2.75, 3.05) is 0 Å². The maximum atomic E-state index is 13.6. The van der Waals surface area contributed by atoms with E-state index in [1.54, 1.807) is 12.1 Å². The van der Waals surface area contributed by atoms with E-state index in [4.69, 9.17) is 11.6 Å². The average Bonchev–Trinajstić information content (AvgIpc) is 2.22. The van der Waals surface area contributed by atoms with Crippen molar-refractivity contribution in [2.24, 2.45) is 0 Å². The second kappa shape index (κ2) is 5.26. The third-order valence-electron chi connectivity index (χ3n) is 2.51. The summed E-state index contributed by atoms with van der Waals surface area (Å²) in [4.78, 5) is 10.4. The van der Waals surface area contributed by atoms with E-state index in [2.05, 4.69) is 0 Å². The molecule has 1 unspecified atom stereocenters. The normalized spacial score (nSPS) is 12.5. The minimum absolute atomic E-state index is 0.119. The quantitative estimate of drug-likeness (QED) is 0.718. The number of carbonyl (C=O) groups excluding carboxylic acids is 1. The van der Waals surface area contributed by atoms with Crippen LogP contribution in [0.3, 0.4) is 0 Å². The van der Waals surface area contributed by atoms with Crippen LogP contribution in [-0.2, 0) is 11.2 Å². The number of hydrogen-bond acceptors (Lipinski definition) is 1. The summed E-state index contributed by atoms with van der Waals surface area (Å²) in [7, 11) is 0. The zero-order valence-electron chi connectivity index (χ0n) is 8.89. The molecular formula is C12H14ClFO. The molecule has 0 amide bonds. The summed E-state index contributed by atoms with van der Waals surface area (Å²) in [6.07, 6.45) is 1.93. The first-order chi connectivity index (χ1) is 7.10. The van der Waals surface area contributed by atoms with Crippen LogP contribution in [0.1, 0.15) is 37.3 Å². The molecule has 0 saturated heterocycles. The van der Waals surface area contributed by atoms with E-state index in [0.29, 0.717) is 12.0 Å². The first kappa shape index (κ1) is 12.2. The summed E-state index contributed by atoms with van der Waals surface area (Å²) in [5.41, 5.74) is 1.53. The zero-order valence-corrected chi connectivity index (χ0v) is 9.64. The van der Waals surface area contributed by atoms with E-state index in [9.17, 15) is 9.18 Å². The second-order valence-electron chi connectivity index (χ2n) is 3.64. The number of carbonyl (C=O) groups is 1. The molecule has 0 aliphatic carbocycles. The van der Waals surface area contributed by atoms with Crippen molar-refractivity contribution in [1.82, 2.24) is 0 Å². The fraction of sp³-hybridized carbons (Fsp3) is 0.417. The molecule has 15 heavy (non-hydrogen) atoms. The molecule has 0 fully saturated rings. The molecule has 1 aromatic rings. The molecule has 1 aromatic carbocycles. The SMILES string of the molecule is CCc1cc(Cl)c(F)c(C(C)CC=O)c1. The summed E-state index contributed by atoms with van der Waals surface area (Å²) < 4.78 is 13.6. The fourth-order valence-corrected chi connectivity index (χ4v) is 1.75. The molecule has 1 atom stereocenters. The maximum absolute atomic E-state index is 13.6. The van der Waals surface area contributed by atoms with E-state index in [0.717, 1.165) is 18.3 Å². The Hall–Kier alpha value is -0.890. The second-order valence-corrected chi connectivity index (χ2v) is 4.05. The molecular weight excluding hydrogens is 215 g/mol. The highest BCUT2D eigenvalue weighted by Gasteiger charge is 2.14. The van der Waals surface area contributed by atoms with Gasteiger partial charge in [-0.15, -0.1) is 0 Å². The number of aryl methyl sites for hydroxylation is 1. The Kier molecular flexibility index (Phi) is 4.28. The van der Waals surface area contributed by atoms with Gasteiger partial charge in [0.05, 0.1) is 5.02 Å². The number of hydrogen-bond donors (Lipinski definition) is 0. The molecule has 0 bridgehead atoms. The van der Waals surface area contributed by atoms with Crippen LogP contribution in [0, 0.1) is 5.82 Å². The lowest BCUT2D eigenvalue weighted by molar-refractivity contribution is -0.108. The first-order valence-electron chi connectivity index (χ1n) is 5.01. The van der Waals surface area contributed by atoms with Gasteiger partial charge in [0.15, 0.2) is 0 Å². The third kappa shape index (κ3) is 2.78. The van der Waals surface area contributed by atoms with Crippen molar-refractivity contribution < 1.29 is 9.18 Å². The minimum atomic E-state index is -0.400. The molecule has 0 aliphatic heterocycles. The summed E-state index contributed by atoms with van der Waals surface area (Å²) >= 11 is 5.78. The van der Waals surface area contributed by atoms with Crippen LogP contribution in [0.4, 0.5) is 4.39 Å². The van der Waals surface area contributed by atoms with Crippen LogP contribution in [0.15, 0.2) is 12.1 Å². The molecule has 0 heterocycles. The van der Waals surface area contributed by atoms with Gasteiger partial charge in [-0.25, -0.2) is 4.39 Å². The van der Waals surface area contributed by atoms with Crippen LogP contribution in [0.25, 0.3) is 0 Å². The van der Waals surface area contributed by atoms with E-state index >= 15 is 0 Å². The van der Waals surface area contributed by atoms with Gasteiger partial charge in [0.2, 0.25) is 0 Å². The lowest BCUT2D eigenvalue weighted by Gasteiger charge is -2.12. The van der Waals surface area contributed by atoms with Crippen molar-refractivity contribution >= 4 is 17.9 Å². The van der Waals surface area contributed by atoms with Gasteiger partial charge >= 0.3 is 0 Å². The van der Waals surface area contributed by atoms with E-state index < -0.39 is 5.82 Å². The molecule has 3 heteroatoms. The van der Waals surface area contributed by atoms with Crippen LogP contribution < -0.4 is 0 Å². The fourth-order valence-electron chi connectivity index (χ4n) is 1.50. The van der Waals surface area contributed by atoms with E-state index in [-0.39, 0.29) is 10.9 Å². The number of halogens is 2. The van der Waals surface area contributed by atoms with Crippen molar-refractivity contribution in [1.29, 1.82) is 0 Å². The van der Waals surface area contributed by atoms with Gasteiger partial charge in [-0.05, 0) is 29.5 Å². The predicted octanol–water partition coefficient (Wildman–Crippen LogP) is 3.73. The highest BCUT2D eigenvalue weighted by Crippen LogP contribution is 2.28. The number of benzene rings is 1. The van der Waals surface area contributed by atoms with Gasteiger partial charge in [0.1, 0.15) is 12.1 Å². The van der Waals surface area contributed by atoms with E-state index in [1.807, 2.05) is 13.8 Å². The summed E-state index contributed by atoms with van der Waals surface area (Å²) in [6, 6.07) is 3.42. The standard InChI is InChI=1S/C12H14ClFO/c1-3-9-6-10(8(2)4-5-15)12(14)11(13)7-9/h5-8H,3-4H2,1-2H3. The Bertz CT molecular complexity index is 363. The molecule has 0 N–H and O–H groups in total.